The van der Waals surface area contributed by atoms with E-state index in [0.29, 0.717) is 0 Å². The zero-order valence-corrected chi connectivity index (χ0v) is 8.55. The highest BCUT2D eigenvalue weighted by Crippen LogP contribution is 1.95. The molecule has 0 aromatic rings. The summed E-state index contributed by atoms with van der Waals surface area (Å²) in [6, 6.07) is 0. The van der Waals surface area contributed by atoms with E-state index in [1.165, 1.54) is 0 Å². The van der Waals surface area contributed by atoms with Crippen molar-refractivity contribution in [3.05, 3.63) is 49.1 Å². The van der Waals surface area contributed by atoms with Crippen LogP contribution >= 0.6 is 0 Å². The fourth-order valence-electron chi connectivity index (χ4n) is 0.469. The van der Waals surface area contributed by atoms with Crippen LogP contribution in [-0.4, -0.2) is 18.1 Å². The predicted molar refractivity (Wildman–Crippen MR) is 53.4 cm³/mol. The van der Waals surface area contributed by atoms with E-state index < -0.39 is 18.1 Å². The summed E-state index contributed by atoms with van der Waals surface area (Å²) in [4.78, 5) is 0. The Kier molecular flexibility index (Phi) is 5.73. The van der Waals surface area contributed by atoms with E-state index in [0.717, 1.165) is 0 Å². The summed E-state index contributed by atoms with van der Waals surface area (Å²) < 4.78 is 5.58. The van der Waals surface area contributed by atoms with Gasteiger partial charge in [-0.25, -0.2) is 0 Å². The molecule has 0 amide bonds. The normalized spacial score (nSPS) is 9.64. The van der Waals surface area contributed by atoms with Crippen LogP contribution in [0, 0.1) is 0 Å². The lowest BCUT2D eigenvalue weighted by molar-refractivity contribution is 0.630. The smallest absolute Gasteiger partial charge is 0.255 e. The molecule has 0 aromatic carbocycles. The molecule has 0 N–H and O–H groups in total. The van der Waals surface area contributed by atoms with Gasteiger partial charge in [0.15, 0.2) is 0 Å². The molecule has 0 unspecified atom stereocenters. The highest BCUT2D eigenvalue weighted by atomic mass is 28.4. The maximum Gasteiger partial charge on any atom is 0.255 e. The lowest BCUT2D eigenvalue weighted by Gasteiger charge is -2.09. The van der Waals surface area contributed by atoms with Gasteiger partial charge < -0.3 is 4.12 Å². The molecule has 0 aliphatic carbocycles. The summed E-state index contributed by atoms with van der Waals surface area (Å²) in [6.07, 6.45) is 0. The number of hydrogen-bond acceptors (Lipinski definition) is 1. The van der Waals surface area contributed by atoms with E-state index in [1.807, 2.05) is 0 Å². The average molecular weight is 180 g/mol. The summed E-state index contributed by atoms with van der Waals surface area (Å²) in [5.74, 6) is 0. The van der Waals surface area contributed by atoms with Gasteiger partial charge >= 0.3 is 0 Å². The third-order valence-corrected chi connectivity index (χ3v) is 4.54. The van der Waals surface area contributed by atoms with Crippen molar-refractivity contribution < 1.29 is 4.12 Å². The summed E-state index contributed by atoms with van der Waals surface area (Å²) >= 11 is 0. The van der Waals surface area contributed by atoms with E-state index in [9.17, 15) is 0 Å². The lowest BCUT2D eigenvalue weighted by Crippen LogP contribution is -2.23. The minimum atomic E-state index is -1.02. The van der Waals surface area contributed by atoms with E-state index in [-0.39, 0.29) is 0 Å². The van der Waals surface area contributed by atoms with Crippen LogP contribution < -0.4 is 0 Å². The van der Waals surface area contributed by atoms with E-state index in [2.05, 4.69) is 26.3 Å². The highest BCUT2D eigenvalue weighted by Gasteiger charge is 2.09. The van der Waals surface area contributed by atoms with Crippen LogP contribution in [0.15, 0.2) is 49.1 Å². The zero-order chi connectivity index (χ0) is 8.69. The van der Waals surface area contributed by atoms with Gasteiger partial charge in [-0.3, -0.25) is 0 Å². The molecular weight excluding hydrogens is 168 g/mol. The van der Waals surface area contributed by atoms with Crippen molar-refractivity contribution in [3.63, 3.8) is 0 Å². The van der Waals surface area contributed by atoms with Gasteiger partial charge in [-0.15, -0.1) is 26.3 Å². The molecule has 0 saturated heterocycles. The minimum absolute atomic E-state index is 1.02. The Morgan fingerprint density at radius 3 is 1.18 bits per heavy atom. The summed E-state index contributed by atoms with van der Waals surface area (Å²) in [6.45, 7) is 14.6. The second kappa shape index (κ2) is 6.09. The van der Waals surface area contributed by atoms with Gasteiger partial charge in [0.1, 0.15) is 0 Å². The first-order valence-corrected chi connectivity index (χ1v) is 6.32. The van der Waals surface area contributed by atoms with Gasteiger partial charge in [-0.1, -0.05) is 22.8 Å². The number of rotatable bonds is 6. The summed E-state index contributed by atoms with van der Waals surface area (Å²) in [5.41, 5.74) is 7.20. The second-order valence-corrected chi connectivity index (χ2v) is 5.78. The quantitative estimate of drug-likeness (QED) is 0.567. The Morgan fingerprint density at radius 1 is 0.727 bits per heavy atom. The van der Waals surface area contributed by atoms with Crippen LogP contribution in [0.3, 0.4) is 0 Å². The second-order valence-electron chi connectivity index (χ2n) is 1.72. The lowest BCUT2D eigenvalue weighted by atomic mass is 11.2. The van der Waals surface area contributed by atoms with Crippen LogP contribution in [0.4, 0.5) is 0 Å². The van der Waals surface area contributed by atoms with Crippen molar-refractivity contribution in [2.45, 2.75) is 0 Å². The Balaban J connectivity index is 3.95. The fourth-order valence-corrected chi connectivity index (χ4v) is 3.22. The topological polar surface area (TPSA) is 9.23 Å². The van der Waals surface area contributed by atoms with Crippen LogP contribution in [0.2, 0.25) is 0 Å². The molecule has 0 aromatic heterocycles. The van der Waals surface area contributed by atoms with Crippen LogP contribution in [0.1, 0.15) is 0 Å². The fraction of sp³-hybridized carbons (Fsp3) is 0. The van der Waals surface area contributed by atoms with Crippen LogP contribution in [0.25, 0.3) is 0 Å². The van der Waals surface area contributed by atoms with Crippen molar-refractivity contribution in [2.24, 2.45) is 0 Å². The van der Waals surface area contributed by atoms with Gasteiger partial charge in [-0.05, 0) is 0 Å². The zero-order valence-electron chi connectivity index (χ0n) is 6.55. The van der Waals surface area contributed by atoms with Crippen molar-refractivity contribution in [3.8, 4) is 0 Å². The Bertz CT molecular complexity index is 131. The van der Waals surface area contributed by atoms with Gasteiger partial charge in [-0.2, -0.15) is 0 Å². The molecule has 0 aliphatic heterocycles. The van der Waals surface area contributed by atoms with Gasteiger partial charge in [0.2, 0.25) is 0 Å². The minimum Gasteiger partial charge on any atom is -0.443 e. The molecular formula is C8H12OSi2. The molecule has 2 radical (unpaired) electrons. The third-order valence-electron chi connectivity index (χ3n) is 1.04. The third kappa shape index (κ3) is 3.92. The molecule has 0 spiro atoms. The largest absolute Gasteiger partial charge is 0.443 e. The molecule has 0 rings (SSSR count). The van der Waals surface area contributed by atoms with Crippen LogP contribution in [-0.2, 0) is 4.12 Å². The van der Waals surface area contributed by atoms with Crippen molar-refractivity contribution in [1.82, 2.24) is 0 Å². The van der Waals surface area contributed by atoms with Gasteiger partial charge in [0.25, 0.3) is 18.1 Å². The molecule has 0 atom stereocenters. The first kappa shape index (κ1) is 10.4. The Labute approximate surface area is 71.9 Å². The summed E-state index contributed by atoms with van der Waals surface area (Å²) in [7, 11) is -2.03. The molecule has 11 heavy (non-hydrogen) atoms. The van der Waals surface area contributed by atoms with E-state index in [1.54, 1.807) is 22.8 Å². The van der Waals surface area contributed by atoms with Crippen molar-refractivity contribution >= 4 is 18.1 Å². The Hall–Kier alpha value is -0.646. The van der Waals surface area contributed by atoms with Crippen LogP contribution in [0.5, 0.6) is 0 Å². The maximum atomic E-state index is 5.58. The number of hydrogen-bond donors (Lipinski definition) is 0. The molecule has 0 aliphatic rings. The van der Waals surface area contributed by atoms with Crippen molar-refractivity contribution in [1.29, 1.82) is 0 Å². The Morgan fingerprint density at radius 2 is 1.00 bits per heavy atom. The van der Waals surface area contributed by atoms with E-state index in [4.69, 9.17) is 4.12 Å². The highest BCUT2D eigenvalue weighted by molar-refractivity contribution is 6.76. The molecule has 58 valence electrons. The molecule has 0 fully saturated rings. The van der Waals surface area contributed by atoms with E-state index >= 15 is 0 Å². The molecule has 3 heteroatoms. The van der Waals surface area contributed by atoms with Crippen molar-refractivity contribution in [2.75, 3.05) is 0 Å². The molecule has 0 saturated carbocycles. The average Bonchev–Trinajstić information content (AvgIpc) is 2.07. The molecule has 0 heterocycles. The standard InChI is InChI=1S/C8H12OSi2/c1-5-10(6-2)9-11(7-3)8-4/h5-8H,1-4H2. The summed E-state index contributed by atoms with van der Waals surface area (Å²) in [5, 5.41) is 0. The monoisotopic (exact) mass is 180 g/mol. The molecule has 0 bridgehead atoms. The SMILES string of the molecule is C=C[Si](C=C)O[Si](C=C)C=C. The maximum absolute atomic E-state index is 5.58. The first-order chi connectivity index (χ1) is 5.28. The van der Waals surface area contributed by atoms with Gasteiger partial charge in [0, 0.05) is 0 Å². The van der Waals surface area contributed by atoms with Gasteiger partial charge in [0.05, 0.1) is 0 Å². The first-order valence-electron chi connectivity index (χ1n) is 3.20. The molecule has 1 nitrogen and oxygen atoms in total. The predicted octanol–water partition coefficient (Wildman–Crippen LogP) is 1.89.